The Morgan fingerprint density at radius 3 is 2.35 bits per heavy atom. The average Bonchev–Trinajstić information content (AvgIpc) is 2.73. The van der Waals surface area contributed by atoms with Crippen LogP contribution in [0.4, 0.5) is 15.8 Å². The van der Waals surface area contributed by atoms with Crippen LogP contribution in [0, 0.1) is 15.9 Å². The third-order valence-corrected chi connectivity index (χ3v) is 4.69. The van der Waals surface area contributed by atoms with E-state index in [2.05, 4.69) is 5.32 Å². The fourth-order valence-electron chi connectivity index (χ4n) is 2.64. The van der Waals surface area contributed by atoms with Crippen LogP contribution in [0.15, 0.2) is 66.7 Å². The summed E-state index contributed by atoms with van der Waals surface area (Å²) >= 11 is 11.7. The number of halogens is 3. The number of ether oxygens (including phenoxy) is 1. The maximum atomic E-state index is 14.1. The second-order valence-corrected chi connectivity index (χ2v) is 7.07. The highest BCUT2D eigenvalue weighted by atomic mass is 35.5. The van der Waals surface area contributed by atoms with Gasteiger partial charge in [-0.05, 0) is 24.3 Å². The Hall–Kier alpha value is -3.49. The molecule has 7 nitrogen and oxygen atoms in total. The number of nitro groups is 1. The minimum atomic E-state index is -1.45. The molecular formula is C21H13Cl2FN2O5. The van der Waals surface area contributed by atoms with Crippen LogP contribution in [-0.2, 0) is 9.53 Å². The topological polar surface area (TPSA) is 98.5 Å². The monoisotopic (exact) mass is 462 g/mol. The highest BCUT2D eigenvalue weighted by Gasteiger charge is 2.27. The molecule has 0 fully saturated rings. The number of non-ortho nitro benzene ring substituents is 1. The zero-order chi connectivity index (χ0) is 22.5. The number of nitro benzene ring substituents is 1. The van der Waals surface area contributed by atoms with Gasteiger partial charge in [-0.2, -0.15) is 0 Å². The molecule has 0 aliphatic carbocycles. The van der Waals surface area contributed by atoms with Gasteiger partial charge in [0.15, 0.2) is 0 Å². The van der Waals surface area contributed by atoms with Gasteiger partial charge in [0.1, 0.15) is 5.82 Å². The average molecular weight is 463 g/mol. The molecule has 1 amide bonds. The largest absolute Gasteiger partial charge is 0.444 e. The smallest absolute Gasteiger partial charge is 0.342 e. The van der Waals surface area contributed by atoms with Crippen molar-refractivity contribution in [2.75, 3.05) is 5.32 Å². The Kier molecular flexibility index (Phi) is 6.84. The molecule has 3 rings (SSSR count). The zero-order valence-electron chi connectivity index (χ0n) is 15.6. The van der Waals surface area contributed by atoms with Gasteiger partial charge in [0.2, 0.25) is 6.10 Å². The van der Waals surface area contributed by atoms with Gasteiger partial charge in [-0.3, -0.25) is 14.9 Å². The molecule has 3 aromatic carbocycles. The molecule has 0 aromatic heterocycles. The molecule has 0 aliphatic rings. The zero-order valence-corrected chi connectivity index (χ0v) is 17.1. The normalized spacial score (nSPS) is 11.5. The molecule has 0 radical (unpaired) electrons. The van der Waals surface area contributed by atoms with Crippen molar-refractivity contribution in [3.8, 4) is 0 Å². The van der Waals surface area contributed by atoms with E-state index in [4.69, 9.17) is 27.9 Å². The van der Waals surface area contributed by atoms with Crippen molar-refractivity contribution in [1.29, 1.82) is 0 Å². The number of carbonyl (C=O) groups is 2. The maximum Gasteiger partial charge on any atom is 0.342 e. The van der Waals surface area contributed by atoms with Crippen LogP contribution < -0.4 is 5.32 Å². The summed E-state index contributed by atoms with van der Waals surface area (Å²) < 4.78 is 19.4. The van der Waals surface area contributed by atoms with Crippen LogP contribution in [0.25, 0.3) is 0 Å². The molecule has 0 saturated heterocycles. The van der Waals surface area contributed by atoms with Gasteiger partial charge in [0, 0.05) is 22.7 Å². The third kappa shape index (κ3) is 5.36. The van der Waals surface area contributed by atoms with Crippen LogP contribution in [0.1, 0.15) is 22.0 Å². The Bertz CT molecular complexity index is 1160. The Labute approximate surface area is 185 Å². The lowest BCUT2D eigenvalue weighted by molar-refractivity contribution is -0.384. The number of esters is 1. The van der Waals surface area contributed by atoms with E-state index in [-0.39, 0.29) is 21.4 Å². The fourth-order valence-corrected chi connectivity index (χ4v) is 3.02. The highest BCUT2D eigenvalue weighted by Crippen LogP contribution is 2.29. The number of hydrogen-bond acceptors (Lipinski definition) is 5. The minimum absolute atomic E-state index is 0.0759. The predicted molar refractivity (Wildman–Crippen MR) is 113 cm³/mol. The molecule has 1 atom stereocenters. The van der Waals surface area contributed by atoms with E-state index in [0.717, 1.165) is 24.3 Å². The number of nitrogens with one attached hydrogen (secondary N) is 1. The summed E-state index contributed by atoms with van der Waals surface area (Å²) in [7, 11) is 0. The molecule has 0 saturated carbocycles. The molecule has 31 heavy (non-hydrogen) atoms. The quantitative estimate of drug-likeness (QED) is 0.293. The van der Waals surface area contributed by atoms with Crippen LogP contribution in [0.3, 0.4) is 0 Å². The standard InChI is InChI=1S/C21H13Cl2FN2O5/c22-13-6-8-15(17(24)10-13)21(28)31-19(12-4-2-1-3-5-12)20(27)25-18-9-7-14(26(29)30)11-16(18)23/h1-11,19H,(H,25,27). The Morgan fingerprint density at radius 2 is 1.74 bits per heavy atom. The second-order valence-electron chi connectivity index (χ2n) is 6.23. The molecular weight excluding hydrogens is 450 g/mol. The predicted octanol–water partition coefficient (Wildman–Crippen LogP) is 5.58. The van der Waals surface area contributed by atoms with Gasteiger partial charge in [-0.25, -0.2) is 9.18 Å². The third-order valence-electron chi connectivity index (χ3n) is 4.14. The van der Waals surface area contributed by atoms with Crippen molar-refractivity contribution in [2.24, 2.45) is 0 Å². The lowest BCUT2D eigenvalue weighted by Gasteiger charge is -2.18. The van der Waals surface area contributed by atoms with E-state index in [1.54, 1.807) is 30.3 Å². The molecule has 0 aliphatic heterocycles. The maximum absolute atomic E-state index is 14.1. The van der Waals surface area contributed by atoms with Gasteiger partial charge in [-0.1, -0.05) is 53.5 Å². The molecule has 0 heterocycles. The number of benzene rings is 3. The lowest BCUT2D eigenvalue weighted by atomic mass is 10.1. The summed E-state index contributed by atoms with van der Waals surface area (Å²) in [6.45, 7) is 0. The number of carbonyl (C=O) groups excluding carboxylic acids is 2. The summed E-state index contributed by atoms with van der Waals surface area (Å²) in [6.07, 6.45) is -1.45. The molecule has 1 unspecified atom stereocenters. The summed E-state index contributed by atoms with van der Waals surface area (Å²) in [5.41, 5.74) is -0.258. The fraction of sp³-hybridized carbons (Fsp3) is 0.0476. The van der Waals surface area contributed by atoms with E-state index in [9.17, 15) is 24.1 Å². The highest BCUT2D eigenvalue weighted by molar-refractivity contribution is 6.34. The first-order chi connectivity index (χ1) is 14.8. The first kappa shape index (κ1) is 22.2. The molecule has 0 spiro atoms. The van der Waals surface area contributed by atoms with Crippen molar-refractivity contribution < 1.29 is 23.6 Å². The van der Waals surface area contributed by atoms with Crippen molar-refractivity contribution in [2.45, 2.75) is 6.10 Å². The van der Waals surface area contributed by atoms with Crippen molar-refractivity contribution in [3.05, 3.63) is 104 Å². The Balaban J connectivity index is 1.88. The second kappa shape index (κ2) is 9.55. The van der Waals surface area contributed by atoms with Crippen molar-refractivity contribution in [1.82, 2.24) is 0 Å². The van der Waals surface area contributed by atoms with Gasteiger partial charge >= 0.3 is 5.97 Å². The van der Waals surface area contributed by atoms with Gasteiger partial charge < -0.3 is 10.1 Å². The van der Waals surface area contributed by atoms with Gasteiger partial charge in [0.05, 0.1) is 21.2 Å². The number of anilines is 1. The SMILES string of the molecule is O=C(OC(C(=O)Nc1ccc([N+](=O)[O-])cc1Cl)c1ccccc1)c1ccc(Cl)cc1F. The van der Waals surface area contributed by atoms with E-state index in [1.165, 1.54) is 12.1 Å². The van der Waals surface area contributed by atoms with Crippen molar-refractivity contribution >= 4 is 46.5 Å². The first-order valence-corrected chi connectivity index (χ1v) is 9.47. The van der Waals surface area contributed by atoms with Crippen LogP contribution in [0.5, 0.6) is 0 Å². The summed E-state index contributed by atoms with van der Waals surface area (Å²) in [4.78, 5) is 35.6. The summed E-state index contributed by atoms with van der Waals surface area (Å²) in [5.74, 6) is -2.76. The van der Waals surface area contributed by atoms with E-state index >= 15 is 0 Å². The molecule has 10 heteroatoms. The number of rotatable bonds is 6. The summed E-state index contributed by atoms with van der Waals surface area (Å²) in [5, 5.41) is 13.3. The Morgan fingerprint density at radius 1 is 1.03 bits per heavy atom. The van der Waals surface area contributed by atoms with Crippen LogP contribution in [0.2, 0.25) is 10.0 Å². The lowest BCUT2D eigenvalue weighted by Crippen LogP contribution is -2.26. The van der Waals surface area contributed by atoms with E-state index in [0.29, 0.717) is 5.56 Å². The minimum Gasteiger partial charge on any atom is -0.444 e. The number of nitrogens with zero attached hydrogens (tertiary/aromatic N) is 1. The van der Waals surface area contributed by atoms with Gasteiger partial charge in [-0.15, -0.1) is 0 Å². The molecule has 3 aromatic rings. The molecule has 158 valence electrons. The van der Waals surface area contributed by atoms with Crippen LogP contribution in [-0.4, -0.2) is 16.8 Å². The van der Waals surface area contributed by atoms with E-state index in [1.807, 2.05) is 0 Å². The van der Waals surface area contributed by atoms with Crippen molar-refractivity contribution in [3.63, 3.8) is 0 Å². The number of hydrogen-bond donors (Lipinski definition) is 1. The molecule has 0 bridgehead atoms. The summed E-state index contributed by atoms with van der Waals surface area (Å²) in [6, 6.07) is 15.0. The van der Waals surface area contributed by atoms with Gasteiger partial charge in [0.25, 0.3) is 11.6 Å². The number of amides is 1. The first-order valence-electron chi connectivity index (χ1n) is 8.72. The van der Waals surface area contributed by atoms with E-state index < -0.39 is 34.3 Å². The molecule has 1 N–H and O–H groups in total. The van der Waals surface area contributed by atoms with Crippen LogP contribution >= 0.6 is 23.2 Å².